The number of hydrogen-bond donors (Lipinski definition) is 0. The molecule has 1 spiro atoms. The molecule has 0 N–H and O–H groups in total. The Hall–Kier alpha value is -3.40. The zero-order chi connectivity index (χ0) is 26.5. The van der Waals surface area contributed by atoms with Gasteiger partial charge in [-0.2, -0.15) is 8.42 Å². The Morgan fingerprint density at radius 1 is 0.865 bits per heavy atom. The number of fused-ring (bicyclic) bond motifs is 3. The first-order chi connectivity index (χ1) is 17.4. The van der Waals surface area contributed by atoms with Crippen LogP contribution in [0, 0.1) is 22.2 Å². The Morgan fingerprint density at radius 2 is 1.41 bits per heavy atom. The van der Waals surface area contributed by atoms with Crippen LogP contribution in [0.4, 0.5) is 0 Å². The molecule has 3 atom stereocenters. The number of hydrogen-bond acceptors (Lipinski definition) is 8. The molecule has 3 aliphatic carbocycles. The molecule has 194 valence electrons. The lowest BCUT2D eigenvalue weighted by molar-refractivity contribution is -0.137. The third-order valence-corrected chi connectivity index (χ3v) is 10.7. The second kappa shape index (κ2) is 7.34. The second-order valence-electron chi connectivity index (χ2n) is 11.0. The molecule has 10 heteroatoms. The van der Waals surface area contributed by atoms with E-state index in [1.165, 1.54) is 26.4 Å². The van der Waals surface area contributed by atoms with Crippen molar-refractivity contribution in [2.24, 2.45) is 22.2 Å². The maximum Gasteiger partial charge on any atom is 0.328 e. The van der Waals surface area contributed by atoms with Crippen LogP contribution in [-0.4, -0.2) is 38.9 Å². The Labute approximate surface area is 213 Å². The summed E-state index contributed by atoms with van der Waals surface area (Å²) >= 11 is 0. The normalized spacial score (nSPS) is 27.4. The van der Waals surface area contributed by atoms with E-state index >= 15 is 0 Å². The van der Waals surface area contributed by atoms with Crippen molar-refractivity contribution in [3.63, 3.8) is 0 Å². The van der Waals surface area contributed by atoms with Gasteiger partial charge in [-0.3, -0.25) is 18.7 Å². The number of nitrogens with zero attached hydrogens (tertiary/aromatic N) is 1. The largest absolute Gasteiger partial charge is 0.497 e. The molecule has 3 unspecified atom stereocenters. The minimum Gasteiger partial charge on any atom is -0.497 e. The van der Waals surface area contributed by atoms with Gasteiger partial charge in [0.2, 0.25) is 0 Å². The number of carbonyl (C=O) groups is 1. The van der Waals surface area contributed by atoms with Gasteiger partial charge in [0.1, 0.15) is 23.0 Å². The highest BCUT2D eigenvalue weighted by Gasteiger charge is 2.88. The summed E-state index contributed by atoms with van der Waals surface area (Å²) in [5, 5.41) is 0.880. The summed E-state index contributed by atoms with van der Waals surface area (Å²) in [5.74, 6) is 0.428. The average molecular weight is 526 g/mol. The molecule has 3 aromatic rings. The highest BCUT2D eigenvalue weighted by molar-refractivity contribution is 7.86. The number of ether oxygens (including phenoxy) is 2. The van der Waals surface area contributed by atoms with Crippen LogP contribution in [0.5, 0.6) is 11.5 Å². The molecule has 0 amide bonds. The predicted molar refractivity (Wildman–Crippen MR) is 136 cm³/mol. The molecular formula is C27H27NO8S. The molecule has 0 saturated heterocycles. The lowest BCUT2D eigenvalue weighted by Gasteiger charge is -2.49. The Kier molecular flexibility index (Phi) is 4.75. The van der Waals surface area contributed by atoms with Gasteiger partial charge >= 0.3 is 10.1 Å². The van der Waals surface area contributed by atoms with Crippen LogP contribution in [0.2, 0.25) is 0 Å². The molecule has 0 bridgehead atoms. The maximum atomic E-state index is 13.6. The van der Waals surface area contributed by atoms with Crippen LogP contribution in [-0.2, 0) is 14.9 Å². The van der Waals surface area contributed by atoms with Crippen molar-refractivity contribution in [3.05, 3.63) is 57.1 Å². The van der Waals surface area contributed by atoms with E-state index in [1.54, 1.807) is 24.3 Å². The summed E-state index contributed by atoms with van der Waals surface area (Å²) in [4.78, 5) is 40.1. The second-order valence-corrected chi connectivity index (χ2v) is 12.5. The van der Waals surface area contributed by atoms with Crippen LogP contribution >= 0.6 is 0 Å². The van der Waals surface area contributed by atoms with Gasteiger partial charge in [-0.05, 0) is 76.8 Å². The third kappa shape index (κ3) is 2.90. The minimum absolute atomic E-state index is 0.0648. The number of Topliss-reactive ketones (excluding diaryl/α,β-unsaturated/α-hetero) is 1. The van der Waals surface area contributed by atoms with Gasteiger partial charge in [0.15, 0.2) is 0 Å². The first-order valence-electron chi connectivity index (χ1n) is 12.1. The minimum atomic E-state index is -4.50. The maximum absolute atomic E-state index is 13.6. The third-order valence-electron chi connectivity index (χ3n) is 9.44. The molecule has 2 aromatic carbocycles. The lowest BCUT2D eigenvalue weighted by atomic mass is 9.55. The highest BCUT2D eigenvalue weighted by Crippen LogP contribution is 2.89. The van der Waals surface area contributed by atoms with Crippen LogP contribution < -0.4 is 24.9 Å². The molecule has 6 rings (SSSR count). The van der Waals surface area contributed by atoms with E-state index in [0.29, 0.717) is 39.8 Å². The zero-order valence-corrected chi connectivity index (χ0v) is 21.8. The van der Waals surface area contributed by atoms with Gasteiger partial charge in [0, 0.05) is 6.42 Å². The SMILES string of the molecule is COc1ccc2c(=O)n(OS(=O)(=O)CC34CCC35C(CC4=O)C5(C)C)c(=O)c3ccc(OC)cc3c2c1. The number of rotatable bonds is 6. The Balaban J connectivity index is 1.52. The number of benzene rings is 2. The van der Waals surface area contributed by atoms with Crippen LogP contribution in [0.15, 0.2) is 46.0 Å². The van der Waals surface area contributed by atoms with Crippen LogP contribution in [0.1, 0.15) is 33.1 Å². The van der Waals surface area contributed by atoms with Crippen molar-refractivity contribution in [1.29, 1.82) is 0 Å². The fourth-order valence-electron chi connectivity index (χ4n) is 7.53. The number of methoxy groups -OCH3 is 2. The van der Waals surface area contributed by atoms with Crippen LogP contribution in [0.3, 0.4) is 0 Å². The van der Waals surface area contributed by atoms with E-state index in [2.05, 4.69) is 13.8 Å². The smallest absolute Gasteiger partial charge is 0.328 e. The Morgan fingerprint density at radius 3 is 1.86 bits per heavy atom. The molecule has 3 aliphatic rings. The van der Waals surface area contributed by atoms with E-state index in [-0.39, 0.29) is 33.3 Å². The fourth-order valence-corrected chi connectivity index (χ4v) is 9.11. The molecule has 3 saturated carbocycles. The molecule has 9 nitrogen and oxygen atoms in total. The standard InChI is InChI=1S/C27H27NO8S/c1-25(2)21-13-22(29)26(9-10-27(21,25)26)14-37(32,33)36-28-23(30)17-7-5-15(34-3)11-19(17)20-12-16(35-4)6-8-18(20)24(28)31/h5-8,11-12,21H,9-10,13-14H2,1-4H3. The Bertz CT molecular complexity index is 1680. The van der Waals surface area contributed by atoms with Crippen molar-refractivity contribution in [2.75, 3.05) is 20.0 Å². The number of carbonyl (C=O) groups excluding carboxylic acids is 1. The van der Waals surface area contributed by atoms with E-state index in [0.717, 1.165) is 6.42 Å². The van der Waals surface area contributed by atoms with E-state index in [1.807, 2.05) is 0 Å². The molecule has 1 aromatic heterocycles. The monoisotopic (exact) mass is 525 g/mol. The summed E-state index contributed by atoms with van der Waals surface area (Å²) in [6, 6.07) is 9.20. The van der Waals surface area contributed by atoms with Gasteiger partial charge in [0.05, 0.1) is 30.4 Å². The molecule has 0 radical (unpaired) electrons. The quantitative estimate of drug-likeness (QED) is 0.482. The van der Waals surface area contributed by atoms with E-state index in [4.69, 9.17) is 13.8 Å². The summed E-state index contributed by atoms with van der Waals surface area (Å²) in [7, 11) is -1.55. The molecule has 3 fully saturated rings. The van der Waals surface area contributed by atoms with Gasteiger partial charge in [0.25, 0.3) is 11.1 Å². The van der Waals surface area contributed by atoms with Crippen molar-refractivity contribution in [1.82, 2.24) is 4.73 Å². The summed E-state index contributed by atoms with van der Waals surface area (Å²) in [5.41, 5.74) is -3.37. The average Bonchev–Trinajstić information content (AvgIpc) is 3.34. The highest BCUT2D eigenvalue weighted by atomic mass is 32.2. The van der Waals surface area contributed by atoms with Crippen molar-refractivity contribution in [2.45, 2.75) is 33.1 Å². The summed E-state index contributed by atoms with van der Waals surface area (Å²) in [6.45, 7) is 4.15. The van der Waals surface area contributed by atoms with Gasteiger partial charge in [-0.1, -0.05) is 18.6 Å². The topological polar surface area (TPSA) is 118 Å². The molecule has 37 heavy (non-hydrogen) atoms. The molecule has 0 aliphatic heterocycles. The van der Waals surface area contributed by atoms with Crippen molar-refractivity contribution >= 4 is 37.4 Å². The van der Waals surface area contributed by atoms with Crippen LogP contribution in [0.25, 0.3) is 21.5 Å². The molecular weight excluding hydrogens is 498 g/mol. The van der Waals surface area contributed by atoms with Gasteiger partial charge in [-0.25, -0.2) is 0 Å². The van der Waals surface area contributed by atoms with E-state index < -0.39 is 32.4 Å². The fraction of sp³-hybridized carbons (Fsp3) is 0.444. The first-order valence-corrected chi connectivity index (χ1v) is 13.7. The lowest BCUT2D eigenvalue weighted by Crippen LogP contribution is -2.54. The first kappa shape index (κ1) is 24.0. The number of ketones is 1. The predicted octanol–water partition coefficient (Wildman–Crippen LogP) is 2.69. The molecule has 1 heterocycles. The van der Waals surface area contributed by atoms with Gasteiger partial charge in [-0.15, -0.1) is 0 Å². The van der Waals surface area contributed by atoms with Crippen molar-refractivity contribution < 1.29 is 27.0 Å². The summed E-state index contributed by atoms with van der Waals surface area (Å²) in [6.07, 6.45) is 1.61. The summed E-state index contributed by atoms with van der Waals surface area (Å²) < 4.78 is 43.0. The number of aromatic nitrogens is 1. The van der Waals surface area contributed by atoms with Gasteiger partial charge < -0.3 is 9.47 Å². The van der Waals surface area contributed by atoms with E-state index in [9.17, 15) is 22.8 Å². The zero-order valence-electron chi connectivity index (χ0n) is 21.0. The van der Waals surface area contributed by atoms with Crippen molar-refractivity contribution in [3.8, 4) is 11.5 Å².